The molecule has 0 aliphatic heterocycles. The quantitative estimate of drug-likeness (QED) is 0.583. The van der Waals surface area contributed by atoms with E-state index in [1.165, 1.54) is 30.3 Å². The maximum absolute atomic E-state index is 12.6. The Morgan fingerprint density at radius 3 is 2.24 bits per heavy atom. The number of carbonyl (C=O) groups excluding carboxylic acids is 1. The van der Waals surface area contributed by atoms with E-state index >= 15 is 0 Å². The first-order chi connectivity index (χ1) is 13.8. The van der Waals surface area contributed by atoms with Gasteiger partial charge in [-0.3, -0.25) is 9.52 Å². The Bertz CT molecular complexity index is 1110. The first-order valence-corrected chi connectivity index (χ1v) is 10.9. The number of nitrogens with one attached hydrogen (secondary N) is 2. The molecule has 3 aromatic carbocycles. The van der Waals surface area contributed by atoms with Crippen LogP contribution in [0.15, 0.2) is 77.7 Å². The molecule has 0 radical (unpaired) electrons. The number of sulfonamides is 1. The van der Waals surface area contributed by atoms with Crippen molar-refractivity contribution in [2.75, 3.05) is 4.72 Å². The van der Waals surface area contributed by atoms with Crippen LogP contribution in [-0.2, 0) is 10.0 Å². The van der Waals surface area contributed by atoms with E-state index in [0.717, 1.165) is 11.1 Å². The van der Waals surface area contributed by atoms with E-state index in [-0.39, 0.29) is 33.1 Å². The van der Waals surface area contributed by atoms with Crippen molar-refractivity contribution in [3.8, 4) is 0 Å². The number of benzene rings is 3. The molecule has 3 rings (SSSR count). The highest BCUT2D eigenvalue weighted by Crippen LogP contribution is 2.24. The minimum absolute atomic E-state index is 0.143. The molecule has 150 valence electrons. The average molecular weight is 429 g/mol. The topological polar surface area (TPSA) is 75.3 Å². The summed E-state index contributed by atoms with van der Waals surface area (Å²) < 4.78 is 27.3. The molecular weight excluding hydrogens is 408 g/mol. The molecule has 7 heteroatoms. The van der Waals surface area contributed by atoms with Gasteiger partial charge in [-0.05, 0) is 49.7 Å². The predicted molar refractivity (Wildman–Crippen MR) is 116 cm³/mol. The maximum atomic E-state index is 12.6. The number of carbonyl (C=O) groups is 1. The summed E-state index contributed by atoms with van der Waals surface area (Å²) in [4.78, 5) is 12.7. The summed E-state index contributed by atoms with van der Waals surface area (Å²) in [5.74, 6) is -0.333. The number of aryl methyl sites for hydroxylation is 1. The van der Waals surface area contributed by atoms with Crippen LogP contribution >= 0.6 is 11.6 Å². The van der Waals surface area contributed by atoms with Gasteiger partial charge in [-0.15, -0.1) is 0 Å². The average Bonchev–Trinajstić information content (AvgIpc) is 2.69. The van der Waals surface area contributed by atoms with E-state index in [1.807, 2.05) is 38.1 Å². The number of hydrogen-bond acceptors (Lipinski definition) is 3. The molecule has 1 unspecified atom stereocenters. The largest absolute Gasteiger partial charge is 0.345 e. The van der Waals surface area contributed by atoms with Crippen LogP contribution in [0.3, 0.4) is 0 Å². The smallest absolute Gasteiger partial charge is 0.261 e. The van der Waals surface area contributed by atoms with Gasteiger partial charge in [0.05, 0.1) is 27.2 Å². The number of rotatable bonds is 6. The molecule has 1 atom stereocenters. The van der Waals surface area contributed by atoms with Crippen molar-refractivity contribution in [2.24, 2.45) is 0 Å². The third kappa shape index (κ3) is 5.16. The Kier molecular flexibility index (Phi) is 6.25. The van der Waals surface area contributed by atoms with Gasteiger partial charge in [-0.25, -0.2) is 8.42 Å². The summed E-state index contributed by atoms with van der Waals surface area (Å²) in [6.45, 7) is 3.89. The molecule has 0 aliphatic carbocycles. The van der Waals surface area contributed by atoms with Gasteiger partial charge in [0.15, 0.2) is 0 Å². The zero-order valence-corrected chi connectivity index (χ0v) is 17.6. The zero-order valence-electron chi connectivity index (χ0n) is 16.0. The highest BCUT2D eigenvalue weighted by molar-refractivity contribution is 7.92. The van der Waals surface area contributed by atoms with E-state index in [0.29, 0.717) is 0 Å². The highest BCUT2D eigenvalue weighted by Gasteiger charge is 2.17. The van der Waals surface area contributed by atoms with Crippen LogP contribution < -0.4 is 10.0 Å². The van der Waals surface area contributed by atoms with Crippen LogP contribution in [0.1, 0.15) is 34.5 Å². The van der Waals surface area contributed by atoms with Gasteiger partial charge in [0.1, 0.15) is 0 Å². The fourth-order valence-corrected chi connectivity index (χ4v) is 4.13. The van der Waals surface area contributed by atoms with E-state index in [1.54, 1.807) is 18.2 Å². The van der Waals surface area contributed by atoms with Gasteiger partial charge in [-0.1, -0.05) is 59.6 Å². The second-order valence-electron chi connectivity index (χ2n) is 6.72. The van der Waals surface area contributed by atoms with Gasteiger partial charge >= 0.3 is 0 Å². The van der Waals surface area contributed by atoms with Crippen molar-refractivity contribution < 1.29 is 13.2 Å². The van der Waals surface area contributed by atoms with Gasteiger partial charge < -0.3 is 5.32 Å². The Balaban J connectivity index is 1.73. The molecule has 0 bridgehead atoms. The van der Waals surface area contributed by atoms with Crippen LogP contribution in [0.25, 0.3) is 0 Å². The van der Waals surface area contributed by atoms with Crippen LogP contribution in [0.2, 0.25) is 5.02 Å². The first-order valence-electron chi connectivity index (χ1n) is 9.01. The van der Waals surface area contributed by atoms with Crippen LogP contribution in [-0.4, -0.2) is 14.3 Å². The third-order valence-electron chi connectivity index (χ3n) is 4.44. The molecule has 0 spiro atoms. The Hall–Kier alpha value is -2.83. The molecule has 1 amide bonds. The van der Waals surface area contributed by atoms with Gasteiger partial charge in [0, 0.05) is 0 Å². The van der Waals surface area contributed by atoms with Crippen LogP contribution in [0.4, 0.5) is 5.69 Å². The normalized spacial score (nSPS) is 12.2. The standard InChI is InChI=1S/C22H21ClN2O3S/c1-15-8-10-17(11-9-15)16(2)24-22(26)20-13-12-18(14-21(20)23)25-29(27,28)19-6-4-3-5-7-19/h3-14,16,25H,1-2H3,(H,24,26). The SMILES string of the molecule is Cc1ccc(C(C)NC(=O)c2ccc(NS(=O)(=O)c3ccccc3)cc2Cl)cc1. The van der Waals surface area contributed by atoms with E-state index < -0.39 is 10.0 Å². The predicted octanol–water partition coefficient (Wildman–Crippen LogP) is 4.94. The minimum atomic E-state index is -3.73. The molecule has 0 aromatic heterocycles. The van der Waals surface area contributed by atoms with Crippen molar-refractivity contribution in [2.45, 2.75) is 24.8 Å². The summed E-state index contributed by atoms with van der Waals surface area (Å²) in [6, 6.07) is 20.2. The van der Waals surface area contributed by atoms with Crippen molar-refractivity contribution in [1.29, 1.82) is 0 Å². The number of anilines is 1. The summed E-state index contributed by atoms with van der Waals surface area (Å²) in [7, 11) is -3.73. The molecule has 0 heterocycles. The van der Waals surface area contributed by atoms with Gasteiger partial charge in [0.2, 0.25) is 0 Å². The molecule has 0 aliphatic rings. The Morgan fingerprint density at radius 1 is 0.966 bits per heavy atom. The molecular formula is C22H21ClN2O3S. The van der Waals surface area contributed by atoms with E-state index in [2.05, 4.69) is 10.0 Å². The van der Waals surface area contributed by atoms with Gasteiger partial charge in [0.25, 0.3) is 15.9 Å². The number of hydrogen-bond donors (Lipinski definition) is 2. The Labute approximate surface area is 175 Å². The van der Waals surface area contributed by atoms with Crippen molar-refractivity contribution >= 4 is 33.2 Å². The first kappa shape index (κ1) is 20.9. The molecule has 0 fully saturated rings. The fraction of sp³-hybridized carbons (Fsp3) is 0.136. The van der Waals surface area contributed by atoms with Crippen molar-refractivity contribution in [3.63, 3.8) is 0 Å². The van der Waals surface area contributed by atoms with Gasteiger partial charge in [-0.2, -0.15) is 0 Å². The van der Waals surface area contributed by atoms with E-state index in [4.69, 9.17) is 11.6 Å². The summed E-state index contributed by atoms with van der Waals surface area (Å²) in [5.41, 5.74) is 2.67. The molecule has 0 saturated carbocycles. The van der Waals surface area contributed by atoms with E-state index in [9.17, 15) is 13.2 Å². The molecule has 3 aromatic rings. The molecule has 2 N–H and O–H groups in total. The Morgan fingerprint density at radius 2 is 1.62 bits per heavy atom. The monoisotopic (exact) mass is 428 g/mol. The number of halogens is 1. The summed E-state index contributed by atoms with van der Waals surface area (Å²) >= 11 is 6.25. The highest BCUT2D eigenvalue weighted by atomic mass is 35.5. The van der Waals surface area contributed by atoms with Crippen LogP contribution in [0, 0.1) is 6.92 Å². The molecule has 0 saturated heterocycles. The lowest BCUT2D eigenvalue weighted by molar-refractivity contribution is 0.0940. The molecule has 5 nitrogen and oxygen atoms in total. The number of amides is 1. The minimum Gasteiger partial charge on any atom is -0.345 e. The van der Waals surface area contributed by atoms with Crippen molar-refractivity contribution in [1.82, 2.24) is 5.32 Å². The zero-order chi connectivity index (χ0) is 21.0. The lowest BCUT2D eigenvalue weighted by Gasteiger charge is -2.16. The maximum Gasteiger partial charge on any atom is 0.261 e. The fourth-order valence-electron chi connectivity index (χ4n) is 2.79. The third-order valence-corrected chi connectivity index (χ3v) is 6.15. The summed E-state index contributed by atoms with van der Waals surface area (Å²) in [5, 5.41) is 3.06. The second-order valence-corrected chi connectivity index (χ2v) is 8.81. The van der Waals surface area contributed by atoms with Crippen molar-refractivity contribution in [3.05, 3.63) is 94.5 Å². The molecule has 29 heavy (non-hydrogen) atoms. The second kappa shape index (κ2) is 8.68. The lowest BCUT2D eigenvalue weighted by atomic mass is 10.1. The van der Waals surface area contributed by atoms with Crippen LogP contribution in [0.5, 0.6) is 0 Å². The lowest BCUT2D eigenvalue weighted by Crippen LogP contribution is -2.27. The summed E-state index contributed by atoms with van der Waals surface area (Å²) in [6.07, 6.45) is 0.